The summed E-state index contributed by atoms with van der Waals surface area (Å²) in [7, 11) is 0. The molecule has 0 nitrogen and oxygen atoms in total. The predicted molar refractivity (Wildman–Crippen MR) is 81.9 cm³/mol. The van der Waals surface area contributed by atoms with Crippen LogP contribution in [0, 0.1) is 0 Å². The Bertz CT molecular complexity index is 229. The van der Waals surface area contributed by atoms with E-state index in [1.165, 1.54) is 57.5 Å². The zero-order valence-corrected chi connectivity index (χ0v) is 12.3. The largest absolute Gasteiger partial charge is 0.146 e. The van der Waals surface area contributed by atoms with E-state index in [1.54, 1.807) is 0 Å². The van der Waals surface area contributed by atoms with Crippen LogP contribution in [0.1, 0.15) is 59.3 Å². The summed E-state index contributed by atoms with van der Waals surface area (Å²) < 4.78 is 0. The second-order valence-corrected chi connectivity index (χ2v) is 6.99. The van der Waals surface area contributed by atoms with Crippen LogP contribution in [0.2, 0.25) is 36.4 Å². The molecule has 2 heterocycles. The van der Waals surface area contributed by atoms with Gasteiger partial charge in [-0.3, -0.25) is 0 Å². The van der Waals surface area contributed by atoms with Crippen molar-refractivity contribution < 1.29 is 0 Å². The lowest BCUT2D eigenvalue weighted by atomic mass is 9.32. The van der Waals surface area contributed by atoms with E-state index in [4.69, 9.17) is 0 Å². The number of rotatable bonds is 5. The van der Waals surface area contributed by atoms with Crippen LogP contribution < -0.4 is 0 Å². The van der Waals surface area contributed by atoms with Gasteiger partial charge in [0, 0.05) is 0 Å². The normalized spacial score (nSPS) is 31.2. The molecular formula is C15H30B2. The fourth-order valence-electron chi connectivity index (χ4n) is 4.67. The second kappa shape index (κ2) is 6.34. The average Bonchev–Trinajstić information content (AvgIpc) is 2.90. The molecule has 0 aliphatic carbocycles. The first-order chi connectivity index (χ1) is 8.22. The fourth-order valence-corrected chi connectivity index (χ4v) is 4.67. The minimum atomic E-state index is 1.01. The Balaban J connectivity index is 1.79. The van der Waals surface area contributed by atoms with Crippen molar-refractivity contribution in [3.63, 3.8) is 0 Å². The predicted octanol–water partition coefficient (Wildman–Crippen LogP) is 5.51. The maximum absolute atomic E-state index is 2.50. The molecule has 0 aromatic rings. The van der Waals surface area contributed by atoms with E-state index in [1.807, 2.05) is 0 Å². The molecule has 0 radical (unpaired) electrons. The Morgan fingerprint density at radius 2 is 1.76 bits per heavy atom. The maximum atomic E-state index is 2.50. The molecule has 0 amide bonds. The highest BCUT2D eigenvalue weighted by Gasteiger charge is 2.34. The molecule has 0 aromatic carbocycles. The summed E-state index contributed by atoms with van der Waals surface area (Å²) >= 11 is 0. The SMILES string of the molecule is CCC(CCB1CCCC1C)B1CCCC1C. The van der Waals surface area contributed by atoms with Crippen LogP contribution in [0.3, 0.4) is 0 Å². The third-order valence-corrected chi connectivity index (χ3v) is 6.01. The lowest BCUT2D eigenvalue weighted by Crippen LogP contribution is -2.22. The van der Waals surface area contributed by atoms with Crippen LogP contribution in [0.4, 0.5) is 0 Å². The molecule has 0 aromatic heterocycles. The lowest BCUT2D eigenvalue weighted by Gasteiger charge is -2.24. The van der Waals surface area contributed by atoms with Crippen molar-refractivity contribution in [2.75, 3.05) is 0 Å². The molecular weight excluding hydrogens is 202 g/mol. The van der Waals surface area contributed by atoms with Gasteiger partial charge < -0.3 is 0 Å². The molecule has 3 unspecified atom stereocenters. The molecule has 3 atom stereocenters. The molecule has 17 heavy (non-hydrogen) atoms. The van der Waals surface area contributed by atoms with Gasteiger partial charge in [0.15, 0.2) is 0 Å². The summed E-state index contributed by atoms with van der Waals surface area (Å²) in [5.74, 6) is 3.08. The van der Waals surface area contributed by atoms with Gasteiger partial charge in [-0.25, -0.2) is 0 Å². The zero-order valence-electron chi connectivity index (χ0n) is 12.3. The van der Waals surface area contributed by atoms with Crippen molar-refractivity contribution in [1.82, 2.24) is 0 Å². The Morgan fingerprint density at radius 3 is 2.29 bits per heavy atom. The Morgan fingerprint density at radius 1 is 1.06 bits per heavy atom. The van der Waals surface area contributed by atoms with E-state index in [2.05, 4.69) is 20.8 Å². The van der Waals surface area contributed by atoms with Gasteiger partial charge in [0.2, 0.25) is 0 Å². The van der Waals surface area contributed by atoms with Gasteiger partial charge in [0.1, 0.15) is 13.4 Å². The van der Waals surface area contributed by atoms with Gasteiger partial charge in [-0.2, -0.15) is 0 Å². The summed E-state index contributed by atoms with van der Waals surface area (Å²) in [6, 6.07) is 0. The maximum Gasteiger partial charge on any atom is 0.146 e. The smallest absolute Gasteiger partial charge is 0.0743 e. The topological polar surface area (TPSA) is 0 Å². The molecule has 96 valence electrons. The van der Waals surface area contributed by atoms with Crippen LogP contribution in [-0.2, 0) is 0 Å². The monoisotopic (exact) mass is 232 g/mol. The van der Waals surface area contributed by atoms with E-state index in [0.717, 1.165) is 30.9 Å². The summed E-state index contributed by atoms with van der Waals surface area (Å²) in [4.78, 5) is 0. The van der Waals surface area contributed by atoms with E-state index in [9.17, 15) is 0 Å². The molecule has 2 heteroatoms. The van der Waals surface area contributed by atoms with E-state index in [-0.39, 0.29) is 0 Å². The standard InChI is InChI=1S/C15H30B2/c1-4-15(17-11-6-8-14(17)3)9-12-16-10-5-7-13(16)2/h13-15H,4-12H2,1-3H3. The van der Waals surface area contributed by atoms with Gasteiger partial charge in [0.05, 0.1) is 0 Å². The summed E-state index contributed by atoms with van der Waals surface area (Å²) in [5, 5.41) is 0. The van der Waals surface area contributed by atoms with Crippen LogP contribution in [0.5, 0.6) is 0 Å². The summed E-state index contributed by atoms with van der Waals surface area (Å²) in [5.41, 5.74) is 0. The quantitative estimate of drug-likeness (QED) is 0.548. The van der Waals surface area contributed by atoms with Crippen molar-refractivity contribution in [3.05, 3.63) is 0 Å². The van der Waals surface area contributed by atoms with E-state index < -0.39 is 0 Å². The first-order valence-corrected chi connectivity index (χ1v) is 8.22. The van der Waals surface area contributed by atoms with Crippen molar-refractivity contribution >= 4 is 13.4 Å². The molecule has 2 rings (SSSR count). The van der Waals surface area contributed by atoms with Gasteiger partial charge in [-0.1, -0.05) is 95.7 Å². The minimum Gasteiger partial charge on any atom is -0.0743 e. The Labute approximate surface area is 109 Å². The molecule has 2 saturated heterocycles. The summed E-state index contributed by atoms with van der Waals surface area (Å²) in [6.45, 7) is 9.54. The molecule has 0 N–H and O–H groups in total. The van der Waals surface area contributed by atoms with Gasteiger partial charge >= 0.3 is 0 Å². The molecule has 2 fully saturated rings. The summed E-state index contributed by atoms with van der Waals surface area (Å²) in [6.07, 6.45) is 13.5. The molecule has 2 aliphatic heterocycles. The van der Waals surface area contributed by atoms with Crippen molar-refractivity contribution in [1.29, 1.82) is 0 Å². The highest BCUT2D eigenvalue weighted by atomic mass is 14.1. The van der Waals surface area contributed by atoms with Crippen molar-refractivity contribution in [2.24, 2.45) is 0 Å². The lowest BCUT2D eigenvalue weighted by molar-refractivity contribution is 0.723. The van der Waals surface area contributed by atoms with Crippen LogP contribution in [0.15, 0.2) is 0 Å². The average molecular weight is 232 g/mol. The number of hydrogen-bond acceptors (Lipinski definition) is 0. The molecule has 2 aliphatic rings. The molecule has 0 spiro atoms. The van der Waals surface area contributed by atoms with Crippen LogP contribution >= 0.6 is 0 Å². The van der Waals surface area contributed by atoms with Gasteiger partial charge in [-0.15, -0.1) is 0 Å². The van der Waals surface area contributed by atoms with E-state index >= 15 is 0 Å². The first-order valence-electron chi connectivity index (χ1n) is 8.22. The second-order valence-electron chi connectivity index (χ2n) is 6.99. The van der Waals surface area contributed by atoms with Crippen LogP contribution in [-0.4, -0.2) is 13.4 Å². The molecule has 0 saturated carbocycles. The zero-order chi connectivity index (χ0) is 12.3. The minimum absolute atomic E-state index is 1.01. The van der Waals surface area contributed by atoms with Crippen LogP contribution in [0.25, 0.3) is 0 Å². The van der Waals surface area contributed by atoms with E-state index in [0.29, 0.717) is 0 Å². The van der Waals surface area contributed by atoms with Gasteiger partial charge in [0.25, 0.3) is 0 Å². The Hall–Kier alpha value is 0.130. The van der Waals surface area contributed by atoms with Crippen molar-refractivity contribution in [3.8, 4) is 0 Å². The Kier molecular flexibility index (Phi) is 5.06. The third-order valence-electron chi connectivity index (χ3n) is 6.01. The number of hydrogen-bond donors (Lipinski definition) is 0. The highest BCUT2D eigenvalue weighted by Crippen LogP contribution is 2.42. The molecule has 0 bridgehead atoms. The third kappa shape index (κ3) is 3.32. The highest BCUT2D eigenvalue weighted by molar-refractivity contribution is 6.64. The fraction of sp³-hybridized carbons (Fsp3) is 1.00. The van der Waals surface area contributed by atoms with Gasteiger partial charge in [-0.05, 0) is 0 Å². The first kappa shape index (κ1) is 13.6. The van der Waals surface area contributed by atoms with Crippen molar-refractivity contribution in [2.45, 2.75) is 95.7 Å².